The number of hydrogen-bond acceptors (Lipinski definition) is 10. The molecule has 1 amide bonds. The van der Waals surface area contributed by atoms with Crippen LogP contribution in [0.1, 0.15) is 36.1 Å². The molecule has 5 rings (SSSR count). The normalized spacial score (nSPS) is 21.4. The predicted molar refractivity (Wildman–Crippen MR) is 148 cm³/mol. The van der Waals surface area contributed by atoms with Gasteiger partial charge in [0.15, 0.2) is 5.83 Å². The van der Waals surface area contributed by atoms with E-state index >= 15 is 0 Å². The molecule has 0 radical (unpaired) electrons. The molecule has 5 heterocycles. The van der Waals surface area contributed by atoms with Crippen molar-refractivity contribution in [2.45, 2.75) is 51.0 Å². The number of fused-ring (bicyclic) bond motifs is 1. The van der Waals surface area contributed by atoms with Crippen molar-refractivity contribution >= 4 is 29.1 Å². The summed E-state index contributed by atoms with van der Waals surface area (Å²) < 4.78 is 19.8. The van der Waals surface area contributed by atoms with E-state index in [1.54, 1.807) is 12.3 Å². The molecule has 0 aromatic carbocycles. The monoisotopic (exact) mass is 569 g/mol. The minimum absolute atomic E-state index is 0.0637. The molecule has 3 aliphatic heterocycles. The Kier molecular flexibility index (Phi) is 8.35. The van der Waals surface area contributed by atoms with Gasteiger partial charge in [0.25, 0.3) is 5.91 Å². The molecule has 0 aliphatic carbocycles. The van der Waals surface area contributed by atoms with Gasteiger partial charge in [-0.25, -0.2) is 9.37 Å². The number of hydrogen-bond donors (Lipinski definition) is 1. The van der Waals surface area contributed by atoms with Crippen LogP contribution in [0.15, 0.2) is 24.7 Å². The summed E-state index contributed by atoms with van der Waals surface area (Å²) in [7, 11) is 2.09. The maximum atomic E-state index is 13.7. The summed E-state index contributed by atoms with van der Waals surface area (Å²) in [5, 5.41) is 9.96. The molecular formula is C27H33ClFN9O2. The molecule has 2 aromatic heterocycles. The number of nitrogens with zero attached hydrogens (tertiary/aromatic N) is 8. The second-order valence-corrected chi connectivity index (χ2v) is 11.0. The molecule has 40 heavy (non-hydrogen) atoms. The van der Waals surface area contributed by atoms with Crippen molar-refractivity contribution in [2.24, 2.45) is 0 Å². The number of likely N-dealkylation sites (N-methyl/N-ethyl adjacent to an activating group) is 1. The number of nitrogens with two attached hydrogens (primary N) is 1. The number of amides is 1. The quantitative estimate of drug-likeness (QED) is 0.474. The van der Waals surface area contributed by atoms with Gasteiger partial charge in [0.05, 0.1) is 29.2 Å². The SMILES string of the molecule is C=C(F)C(=O)N1CCN(c2nc(OC[C@@H]3CCCN3C)nc3c2CN(Cc2cc(N)ncc2Cl)C3)C[C@@H]1CC#N. The summed E-state index contributed by atoms with van der Waals surface area (Å²) in [5.41, 5.74) is 8.56. The van der Waals surface area contributed by atoms with E-state index in [0.29, 0.717) is 68.0 Å². The zero-order valence-corrected chi connectivity index (χ0v) is 23.3. The molecule has 2 N–H and O–H groups in total. The molecule has 2 atom stereocenters. The number of ether oxygens (including phenoxy) is 1. The number of anilines is 2. The van der Waals surface area contributed by atoms with Crippen molar-refractivity contribution in [1.29, 1.82) is 5.26 Å². The lowest BCUT2D eigenvalue weighted by Crippen LogP contribution is -2.55. The molecule has 2 aromatic rings. The van der Waals surface area contributed by atoms with Crippen molar-refractivity contribution in [3.8, 4) is 12.1 Å². The van der Waals surface area contributed by atoms with Gasteiger partial charge in [-0.15, -0.1) is 0 Å². The lowest BCUT2D eigenvalue weighted by molar-refractivity contribution is -0.131. The molecule has 0 unspecified atom stereocenters. The highest BCUT2D eigenvalue weighted by atomic mass is 35.5. The first-order valence-corrected chi connectivity index (χ1v) is 13.7. The number of pyridine rings is 1. The van der Waals surface area contributed by atoms with Gasteiger partial charge in [-0.05, 0) is 38.1 Å². The Morgan fingerprint density at radius 2 is 2.12 bits per heavy atom. The zero-order chi connectivity index (χ0) is 28.4. The van der Waals surface area contributed by atoms with E-state index in [9.17, 15) is 14.4 Å². The molecule has 212 valence electrons. The van der Waals surface area contributed by atoms with Gasteiger partial charge in [-0.2, -0.15) is 15.2 Å². The number of rotatable bonds is 8. The van der Waals surface area contributed by atoms with Crippen molar-refractivity contribution in [1.82, 2.24) is 29.7 Å². The van der Waals surface area contributed by atoms with Gasteiger partial charge in [-0.3, -0.25) is 9.69 Å². The number of aromatic nitrogens is 3. The van der Waals surface area contributed by atoms with Gasteiger partial charge < -0.3 is 25.2 Å². The maximum Gasteiger partial charge on any atom is 0.318 e. The number of carbonyl (C=O) groups excluding carboxylic acids is 1. The van der Waals surface area contributed by atoms with E-state index in [0.717, 1.165) is 36.2 Å². The van der Waals surface area contributed by atoms with Crippen LogP contribution in [0.3, 0.4) is 0 Å². The van der Waals surface area contributed by atoms with Gasteiger partial charge in [-0.1, -0.05) is 18.2 Å². The van der Waals surface area contributed by atoms with Crippen LogP contribution in [0.2, 0.25) is 5.02 Å². The minimum Gasteiger partial charge on any atom is -0.462 e. The van der Waals surface area contributed by atoms with E-state index in [1.807, 2.05) is 4.90 Å². The van der Waals surface area contributed by atoms with Crippen LogP contribution in [0.25, 0.3) is 0 Å². The number of halogens is 2. The summed E-state index contributed by atoms with van der Waals surface area (Å²) >= 11 is 6.39. The van der Waals surface area contributed by atoms with E-state index in [1.165, 1.54) is 4.90 Å². The number of piperazine rings is 1. The van der Waals surface area contributed by atoms with Crippen molar-refractivity contribution in [3.63, 3.8) is 0 Å². The number of nitrogen functional groups attached to an aromatic ring is 1. The summed E-state index contributed by atoms with van der Waals surface area (Å²) in [5.74, 6) is -0.706. The number of nitriles is 1. The fourth-order valence-electron chi connectivity index (χ4n) is 5.69. The van der Waals surface area contributed by atoms with E-state index in [2.05, 4.69) is 34.5 Å². The summed E-state index contributed by atoms with van der Waals surface area (Å²) in [4.78, 5) is 34.0. The Hall–Kier alpha value is -3.53. The van der Waals surface area contributed by atoms with Crippen LogP contribution in [0, 0.1) is 11.3 Å². The third-order valence-corrected chi connectivity index (χ3v) is 8.17. The van der Waals surface area contributed by atoms with E-state index in [-0.39, 0.29) is 13.0 Å². The molecular weight excluding hydrogens is 537 g/mol. The fraction of sp³-hybridized carbons (Fsp3) is 0.519. The highest BCUT2D eigenvalue weighted by Gasteiger charge is 2.35. The topological polar surface area (TPSA) is 128 Å². The van der Waals surface area contributed by atoms with Crippen LogP contribution < -0.4 is 15.4 Å². The third kappa shape index (κ3) is 5.96. The van der Waals surface area contributed by atoms with Gasteiger partial charge in [0.1, 0.15) is 18.2 Å². The molecule has 0 bridgehead atoms. The van der Waals surface area contributed by atoms with Crippen molar-refractivity contribution in [2.75, 3.05) is 50.5 Å². The zero-order valence-electron chi connectivity index (χ0n) is 22.5. The first-order valence-electron chi connectivity index (χ1n) is 13.4. The summed E-state index contributed by atoms with van der Waals surface area (Å²) in [6.07, 6.45) is 3.80. The largest absolute Gasteiger partial charge is 0.462 e. The average Bonchev–Trinajstić information content (AvgIpc) is 3.53. The highest BCUT2D eigenvalue weighted by Crippen LogP contribution is 2.34. The van der Waals surface area contributed by atoms with Crippen molar-refractivity contribution in [3.05, 3.63) is 46.5 Å². The van der Waals surface area contributed by atoms with Gasteiger partial charge in [0, 0.05) is 57.1 Å². The fourth-order valence-corrected chi connectivity index (χ4v) is 5.85. The van der Waals surface area contributed by atoms with Crippen LogP contribution in [-0.2, 0) is 24.4 Å². The second kappa shape index (κ2) is 11.9. The molecule has 2 fully saturated rings. The first-order chi connectivity index (χ1) is 19.2. The van der Waals surface area contributed by atoms with Crippen molar-refractivity contribution < 1.29 is 13.9 Å². The molecule has 13 heteroatoms. The first kappa shape index (κ1) is 28.0. The molecule has 2 saturated heterocycles. The predicted octanol–water partition coefficient (Wildman–Crippen LogP) is 2.51. The number of likely N-dealkylation sites (tertiary alicyclic amines) is 1. The van der Waals surface area contributed by atoms with Crippen LogP contribution in [-0.4, -0.2) is 87.5 Å². The van der Waals surface area contributed by atoms with E-state index in [4.69, 9.17) is 32.0 Å². The summed E-state index contributed by atoms with van der Waals surface area (Å²) in [6.45, 7) is 7.34. The molecule has 11 nitrogen and oxygen atoms in total. The van der Waals surface area contributed by atoms with E-state index < -0.39 is 17.8 Å². The van der Waals surface area contributed by atoms with Crippen LogP contribution >= 0.6 is 11.6 Å². The third-order valence-electron chi connectivity index (χ3n) is 7.83. The lowest BCUT2D eigenvalue weighted by atomic mass is 10.1. The minimum atomic E-state index is -1.03. The van der Waals surface area contributed by atoms with Gasteiger partial charge >= 0.3 is 6.01 Å². The van der Waals surface area contributed by atoms with Crippen LogP contribution in [0.4, 0.5) is 16.0 Å². The second-order valence-electron chi connectivity index (χ2n) is 10.6. The Labute approximate surface area is 238 Å². The molecule has 0 saturated carbocycles. The summed E-state index contributed by atoms with van der Waals surface area (Å²) in [6, 6.07) is 4.00. The Balaban J connectivity index is 1.41. The Bertz CT molecular complexity index is 1340. The standard InChI is InChI=1S/C27H33ClFN9O2/c1-17(29)26(39)38-9-8-37(13-19(38)5-6-30)25-21-14-36(12-18-10-24(31)32-11-22(18)28)15-23(21)33-27(34-25)40-16-20-4-3-7-35(20)2/h10-11,19-20H,1,3-5,7-9,12-16H2,2H3,(H2,31,32)/t19-,20-/m0/s1. The molecule has 0 spiro atoms. The van der Waals surface area contributed by atoms with Crippen LogP contribution in [0.5, 0.6) is 6.01 Å². The smallest absolute Gasteiger partial charge is 0.318 e. The Morgan fingerprint density at radius 3 is 2.85 bits per heavy atom. The Morgan fingerprint density at radius 1 is 1.30 bits per heavy atom. The van der Waals surface area contributed by atoms with Gasteiger partial charge in [0.2, 0.25) is 0 Å². The maximum absolute atomic E-state index is 13.7. The highest BCUT2D eigenvalue weighted by molar-refractivity contribution is 6.31. The molecule has 3 aliphatic rings. The number of carbonyl (C=O) groups is 1. The average molecular weight is 570 g/mol. The lowest BCUT2D eigenvalue weighted by Gasteiger charge is -2.41.